The highest BCUT2D eigenvalue weighted by Gasteiger charge is 2.22. The van der Waals surface area contributed by atoms with E-state index in [1.165, 1.54) is 0 Å². The quantitative estimate of drug-likeness (QED) is 0.705. The van der Waals surface area contributed by atoms with E-state index in [0.717, 1.165) is 25.0 Å². The van der Waals surface area contributed by atoms with Crippen LogP contribution < -0.4 is 5.73 Å². The van der Waals surface area contributed by atoms with Gasteiger partial charge >= 0.3 is 0 Å². The highest BCUT2D eigenvalue weighted by Crippen LogP contribution is 2.30. The molecular formula is C7H9Cl2N3. The van der Waals surface area contributed by atoms with Crippen LogP contribution in [0.5, 0.6) is 0 Å². The molecule has 2 rings (SSSR count). The zero-order chi connectivity index (χ0) is 8.72. The van der Waals surface area contributed by atoms with E-state index in [1.807, 2.05) is 4.57 Å². The minimum absolute atomic E-state index is 0.0544. The third-order valence-electron chi connectivity index (χ3n) is 2.16. The number of imidazole rings is 1. The molecule has 2 N–H and O–H groups in total. The molecule has 1 aromatic rings. The first-order valence-corrected chi connectivity index (χ1v) is 4.63. The summed E-state index contributed by atoms with van der Waals surface area (Å²) in [6, 6.07) is 0. The fourth-order valence-electron chi connectivity index (χ4n) is 1.58. The minimum Gasteiger partial charge on any atom is -0.311 e. The smallest absolute Gasteiger partial charge is 0.205 e. The Bertz CT molecular complexity index is 308. The third kappa shape index (κ3) is 1.13. The maximum Gasteiger partial charge on any atom is 0.205 e. The second-order valence-corrected chi connectivity index (χ2v) is 3.64. The fourth-order valence-corrected chi connectivity index (χ4v) is 2.20. The van der Waals surface area contributed by atoms with Gasteiger partial charge in [0.1, 0.15) is 0 Å². The van der Waals surface area contributed by atoms with Gasteiger partial charge < -0.3 is 10.3 Å². The van der Waals surface area contributed by atoms with Crippen molar-refractivity contribution in [1.29, 1.82) is 0 Å². The monoisotopic (exact) mass is 205 g/mol. The average Bonchev–Trinajstić information content (AvgIpc) is 2.29. The molecule has 1 atom stereocenters. The van der Waals surface area contributed by atoms with E-state index in [9.17, 15) is 0 Å². The Balaban J connectivity index is 2.55. The fraction of sp³-hybridized carbons (Fsp3) is 0.571. The van der Waals surface area contributed by atoms with E-state index >= 15 is 0 Å². The molecule has 1 aliphatic rings. The Kier molecular flexibility index (Phi) is 2.02. The molecule has 0 fully saturated rings. The summed E-state index contributed by atoms with van der Waals surface area (Å²) in [6.07, 6.45) is 2.87. The minimum atomic E-state index is -0.0544. The summed E-state index contributed by atoms with van der Waals surface area (Å²) in [4.78, 5) is 3.96. The zero-order valence-electron chi connectivity index (χ0n) is 6.43. The molecule has 12 heavy (non-hydrogen) atoms. The lowest BCUT2D eigenvalue weighted by atomic mass is 10.1. The van der Waals surface area contributed by atoms with Crippen molar-refractivity contribution in [2.45, 2.75) is 25.4 Å². The number of hydrogen-bond donors (Lipinski definition) is 1. The normalized spacial score (nSPS) is 22.4. The number of aromatic nitrogens is 2. The van der Waals surface area contributed by atoms with Crippen molar-refractivity contribution < 1.29 is 0 Å². The van der Waals surface area contributed by atoms with Crippen LogP contribution in [0.2, 0.25) is 10.4 Å². The van der Waals surface area contributed by atoms with Crippen molar-refractivity contribution >= 4 is 23.2 Å². The summed E-state index contributed by atoms with van der Waals surface area (Å²) in [6.45, 7) is 0. The van der Waals surface area contributed by atoms with Gasteiger partial charge in [0.15, 0.2) is 5.15 Å². The molecule has 1 unspecified atom stereocenters. The molecule has 1 aliphatic heterocycles. The van der Waals surface area contributed by atoms with Gasteiger partial charge in [-0.2, -0.15) is 0 Å². The molecule has 0 saturated heterocycles. The van der Waals surface area contributed by atoms with E-state index in [1.54, 1.807) is 0 Å². The van der Waals surface area contributed by atoms with Gasteiger partial charge in [-0.15, -0.1) is 0 Å². The maximum atomic E-state index is 5.86. The van der Waals surface area contributed by atoms with E-state index < -0.39 is 0 Å². The summed E-state index contributed by atoms with van der Waals surface area (Å²) in [5, 5.41) is 0.900. The highest BCUT2D eigenvalue weighted by atomic mass is 35.5. The van der Waals surface area contributed by atoms with Crippen LogP contribution >= 0.6 is 23.2 Å². The molecule has 5 heteroatoms. The first-order chi connectivity index (χ1) is 5.70. The lowest BCUT2D eigenvalue weighted by Gasteiger charge is -2.22. The van der Waals surface area contributed by atoms with Crippen LogP contribution in [0.1, 0.15) is 24.7 Å². The number of nitrogens with zero attached hydrogens (tertiary/aromatic N) is 2. The topological polar surface area (TPSA) is 43.8 Å². The van der Waals surface area contributed by atoms with E-state index in [-0.39, 0.29) is 6.17 Å². The molecule has 0 aromatic carbocycles. The van der Waals surface area contributed by atoms with Crippen LogP contribution in [-0.4, -0.2) is 9.55 Å². The summed E-state index contributed by atoms with van der Waals surface area (Å²) in [7, 11) is 0. The van der Waals surface area contributed by atoms with Crippen molar-refractivity contribution in [2.24, 2.45) is 5.73 Å². The Morgan fingerprint density at radius 3 is 2.92 bits per heavy atom. The highest BCUT2D eigenvalue weighted by molar-refractivity contribution is 6.33. The number of nitrogens with two attached hydrogens (primary N) is 1. The third-order valence-corrected chi connectivity index (χ3v) is 2.73. The molecule has 66 valence electrons. The number of rotatable bonds is 0. The number of halogens is 2. The molecule has 3 nitrogen and oxygen atoms in total. The second-order valence-electron chi connectivity index (χ2n) is 2.95. The first-order valence-electron chi connectivity index (χ1n) is 3.88. The van der Waals surface area contributed by atoms with Crippen LogP contribution in [0, 0.1) is 0 Å². The van der Waals surface area contributed by atoms with Gasteiger partial charge in [-0.05, 0) is 30.9 Å². The summed E-state index contributed by atoms with van der Waals surface area (Å²) >= 11 is 11.7. The lowest BCUT2D eigenvalue weighted by Crippen LogP contribution is -2.24. The summed E-state index contributed by atoms with van der Waals surface area (Å²) in [5.74, 6) is 0. The lowest BCUT2D eigenvalue weighted by molar-refractivity contribution is 0.414. The SMILES string of the molecule is NC1CCCc2c(Cl)nc(Cl)n21. The average molecular weight is 206 g/mol. The number of fused-ring (bicyclic) bond motifs is 1. The van der Waals surface area contributed by atoms with Crippen molar-refractivity contribution in [3.8, 4) is 0 Å². The molecule has 1 aromatic heterocycles. The van der Waals surface area contributed by atoms with Gasteiger partial charge in [-0.25, -0.2) is 4.98 Å². The Labute approximate surface area is 80.5 Å². The predicted molar refractivity (Wildman–Crippen MR) is 48.4 cm³/mol. The predicted octanol–water partition coefficient (Wildman–Crippen LogP) is 1.98. The van der Waals surface area contributed by atoms with E-state index in [4.69, 9.17) is 28.9 Å². The Morgan fingerprint density at radius 2 is 2.25 bits per heavy atom. The Morgan fingerprint density at radius 1 is 1.50 bits per heavy atom. The molecular weight excluding hydrogens is 197 g/mol. The second kappa shape index (κ2) is 2.91. The molecule has 0 aliphatic carbocycles. The van der Waals surface area contributed by atoms with Crippen LogP contribution in [-0.2, 0) is 6.42 Å². The van der Waals surface area contributed by atoms with Gasteiger partial charge in [0.2, 0.25) is 5.28 Å². The van der Waals surface area contributed by atoms with Crippen molar-refractivity contribution in [3.63, 3.8) is 0 Å². The molecule has 0 radical (unpaired) electrons. The molecule has 0 amide bonds. The maximum absolute atomic E-state index is 5.86. The summed E-state index contributed by atoms with van der Waals surface area (Å²) in [5.41, 5.74) is 6.81. The Hall–Kier alpha value is -0.250. The van der Waals surface area contributed by atoms with Gasteiger partial charge in [0.05, 0.1) is 11.9 Å². The van der Waals surface area contributed by atoms with Crippen LogP contribution in [0.3, 0.4) is 0 Å². The molecule has 0 spiro atoms. The van der Waals surface area contributed by atoms with Gasteiger partial charge in [0, 0.05) is 0 Å². The van der Waals surface area contributed by atoms with Crippen LogP contribution in [0.25, 0.3) is 0 Å². The van der Waals surface area contributed by atoms with Crippen molar-refractivity contribution in [3.05, 3.63) is 16.1 Å². The van der Waals surface area contributed by atoms with E-state index in [2.05, 4.69) is 4.98 Å². The van der Waals surface area contributed by atoms with Crippen LogP contribution in [0.15, 0.2) is 0 Å². The van der Waals surface area contributed by atoms with Crippen LogP contribution in [0.4, 0.5) is 0 Å². The number of hydrogen-bond acceptors (Lipinski definition) is 2. The van der Waals surface area contributed by atoms with Gasteiger partial charge in [0.25, 0.3) is 0 Å². The van der Waals surface area contributed by atoms with E-state index in [0.29, 0.717) is 10.4 Å². The van der Waals surface area contributed by atoms with Crippen molar-refractivity contribution in [1.82, 2.24) is 9.55 Å². The summed E-state index contributed by atoms with van der Waals surface area (Å²) < 4.78 is 1.81. The largest absolute Gasteiger partial charge is 0.311 e. The molecule has 2 heterocycles. The molecule has 0 bridgehead atoms. The first kappa shape index (κ1) is 8.35. The zero-order valence-corrected chi connectivity index (χ0v) is 7.94. The molecule has 0 saturated carbocycles. The standard InChI is InChI=1S/C7H9Cl2N3/c8-6-4-2-1-3-5(10)12(4)7(9)11-6/h5H,1-3,10H2. The van der Waals surface area contributed by atoms with Crippen molar-refractivity contribution in [2.75, 3.05) is 0 Å². The van der Waals surface area contributed by atoms with Gasteiger partial charge in [-0.3, -0.25) is 0 Å². The van der Waals surface area contributed by atoms with Gasteiger partial charge in [-0.1, -0.05) is 11.6 Å².